The molecule has 2 bridgehead atoms. The van der Waals surface area contributed by atoms with Gasteiger partial charge in [0.1, 0.15) is 12.5 Å². The Morgan fingerprint density at radius 1 is 0.615 bits per heavy atom. The fourth-order valence-electron chi connectivity index (χ4n) is 5.33. The molecule has 5 aromatic rings. The minimum atomic E-state index is 0.125. The van der Waals surface area contributed by atoms with E-state index in [4.69, 9.17) is 4.74 Å². The van der Waals surface area contributed by atoms with Crippen LogP contribution in [0.3, 0.4) is 0 Å². The molecule has 0 N–H and O–H groups in total. The molecule has 4 heterocycles. The number of nitrogens with zero attached hydrogens (tertiary/aromatic N) is 2. The van der Waals surface area contributed by atoms with E-state index >= 15 is 0 Å². The van der Waals surface area contributed by atoms with Crippen LogP contribution in [0.2, 0.25) is 0 Å². The number of hydrogen-bond donors (Lipinski definition) is 0. The highest BCUT2D eigenvalue weighted by Gasteiger charge is 2.33. The van der Waals surface area contributed by atoms with Gasteiger partial charge in [-0.05, 0) is 31.4 Å². The third-order valence-corrected chi connectivity index (χ3v) is 6.33. The lowest BCUT2D eigenvalue weighted by molar-refractivity contribution is -0.115. The number of aromatic nitrogens is 2. The molecule has 7 rings (SSSR count). The number of fused-ring (bicyclic) bond motifs is 10. The first-order chi connectivity index (χ1) is 12.9. The van der Waals surface area contributed by atoms with Crippen LogP contribution in [0.4, 0.5) is 0 Å². The van der Waals surface area contributed by atoms with Crippen molar-refractivity contribution in [3.05, 3.63) is 60.7 Å². The van der Waals surface area contributed by atoms with Gasteiger partial charge in [-0.15, -0.1) is 0 Å². The van der Waals surface area contributed by atoms with Gasteiger partial charge in [-0.1, -0.05) is 48.5 Å². The van der Waals surface area contributed by atoms with Crippen molar-refractivity contribution in [3.63, 3.8) is 0 Å². The number of para-hydroxylation sites is 2. The molecule has 26 heavy (non-hydrogen) atoms. The van der Waals surface area contributed by atoms with Crippen LogP contribution in [-0.4, -0.2) is 9.13 Å². The Hall–Kier alpha value is -2.78. The molecule has 1 saturated heterocycles. The Morgan fingerprint density at radius 2 is 1.12 bits per heavy atom. The molecule has 3 heteroatoms. The summed E-state index contributed by atoms with van der Waals surface area (Å²) in [6, 6.07) is 22.2. The van der Waals surface area contributed by atoms with Crippen molar-refractivity contribution in [2.45, 2.75) is 31.7 Å². The van der Waals surface area contributed by atoms with Crippen LogP contribution >= 0.6 is 0 Å². The smallest absolute Gasteiger partial charge is 0.137 e. The fourth-order valence-corrected chi connectivity index (χ4v) is 5.33. The van der Waals surface area contributed by atoms with E-state index in [0.29, 0.717) is 0 Å². The van der Waals surface area contributed by atoms with E-state index in [1.165, 1.54) is 50.0 Å². The summed E-state index contributed by atoms with van der Waals surface area (Å²) >= 11 is 0. The van der Waals surface area contributed by atoms with E-state index in [9.17, 15) is 0 Å². The van der Waals surface area contributed by atoms with Gasteiger partial charge >= 0.3 is 0 Å². The molecule has 2 aliphatic heterocycles. The Kier molecular flexibility index (Phi) is 2.32. The standard InChI is InChI=1S/C23H18N2O/c1-3-8-18-14(6-1)16-12-13-17-15-7-2-4-9-19(15)25-21-11-5-10-20(26-21)24(18)22(16)23(17)25/h1-4,6-9,12-13,20-21H,5,10-11H2/t20-,21+. The van der Waals surface area contributed by atoms with Crippen LogP contribution in [0.1, 0.15) is 31.7 Å². The van der Waals surface area contributed by atoms with E-state index in [1.54, 1.807) is 0 Å². The fraction of sp³-hybridized carbons (Fsp3) is 0.217. The summed E-state index contributed by atoms with van der Waals surface area (Å²) in [5.41, 5.74) is 5.27. The first kappa shape index (κ1) is 13.4. The number of benzene rings is 3. The molecule has 1 fully saturated rings. The van der Waals surface area contributed by atoms with Crippen molar-refractivity contribution in [2.75, 3.05) is 0 Å². The van der Waals surface area contributed by atoms with E-state index in [0.717, 1.165) is 12.8 Å². The van der Waals surface area contributed by atoms with Gasteiger partial charge in [0.25, 0.3) is 0 Å². The van der Waals surface area contributed by atoms with Crippen molar-refractivity contribution >= 4 is 43.6 Å². The summed E-state index contributed by atoms with van der Waals surface area (Å²) in [6.07, 6.45) is 3.62. The van der Waals surface area contributed by atoms with Gasteiger partial charge < -0.3 is 13.9 Å². The molecule has 0 saturated carbocycles. The molecule has 126 valence electrons. The summed E-state index contributed by atoms with van der Waals surface area (Å²) in [7, 11) is 0. The molecular formula is C23H18N2O. The van der Waals surface area contributed by atoms with Gasteiger partial charge in [0.05, 0.1) is 22.1 Å². The van der Waals surface area contributed by atoms with Crippen LogP contribution in [0.5, 0.6) is 0 Å². The summed E-state index contributed by atoms with van der Waals surface area (Å²) < 4.78 is 11.6. The normalized spacial score (nSPS) is 22.0. The average molecular weight is 338 g/mol. The SMILES string of the molecule is c1ccc2c(c1)c1ccc3c4ccccc4n4c3c1n2[C@@H]1CCC[C@H]4O1. The quantitative estimate of drug-likeness (QED) is 0.333. The number of rotatable bonds is 0. The van der Waals surface area contributed by atoms with Gasteiger partial charge in [0.2, 0.25) is 0 Å². The largest absolute Gasteiger partial charge is 0.335 e. The monoisotopic (exact) mass is 338 g/mol. The van der Waals surface area contributed by atoms with Crippen molar-refractivity contribution in [1.82, 2.24) is 9.13 Å². The topological polar surface area (TPSA) is 19.1 Å². The predicted octanol–water partition coefficient (Wildman–Crippen LogP) is 6.11. The summed E-state index contributed by atoms with van der Waals surface area (Å²) in [4.78, 5) is 0. The molecule has 2 atom stereocenters. The second kappa shape index (κ2) is 4.49. The van der Waals surface area contributed by atoms with Crippen molar-refractivity contribution in [3.8, 4) is 0 Å². The molecular weight excluding hydrogens is 320 g/mol. The van der Waals surface area contributed by atoms with Crippen molar-refractivity contribution in [1.29, 1.82) is 0 Å². The molecule has 0 spiro atoms. The maximum absolute atomic E-state index is 6.67. The van der Waals surface area contributed by atoms with Crippen LogP contribution in [0.25, 0.3) is 43.6 Å². The van der Waals surface area contributed by atoms with E-state index < -0.39 is 0 Å². The van der Waals surface area contributed by atoms with Crippen LogP contribution in [-0.2, 0) is 4.74 Å². The Morgan fingerprint density at radius 3 is 1.65 bits per heavy atom. The lowest BCUT2D eigenvalue weighted by Crippen LogP contribution is -2.22. The lowest BCUT2D eigenvalue weighted by atomic mass is 10.1. The average Bonchev–Trinajstić information content (AvgIpc) is 3.18. The summed E-state index contributed by atoms with van der Waals surface area (Å²) in [5.74, 6) is 0. The molecule has 3 aromatic carbocycles. The molecule has 0 aliphatic carbocycles. The van der Waals surface area contributed by atoms with Gasteiger partial charge in [0.15, 0.2) is 0 Å². The predicted molar refractivity (Wildman–Crippen MR) is 105 cm³/mol. The van der Waals surface area contributed by atoms with Crippen LogP contribution < -0.4 is 0 Å². The van der Waals surface area contributed by atoms with Crippen LogP contribution in [0, 0.1) is 0 Å². The molecule has 0 amide bonds. The highest BCUT2D eigenvalue weighted by molar-refractivity contribution is 6.22. The Bertz CT molecular complexity index is 1250. The lowest BCUT2D eigenvalue weighted by Gasteiger charge is -2.31. The Labute approximate surface area is 150 Å². The third-order valence-electron chi connectivity index (χ3n) is 6.33. The van der Waals surface area contributed by atoms with Gasteiger partial charge in [-0.2, -0.15) is 0 Å². The summed E-state index contributed by atoms with van der Waals surface area (Å²) in [5, 5.41) is 5.34. The Balaban J connectivity index is 1.85. The molecule has 2 aliphatic rings. The van der Waals surface area contributed by atoms with E-state index in [1.807, 2.05) is 0 Å². The second-order valence-corrected chi connectivity index (χ2v) is 7.61. The second-order valence-electron chi connectivity index (χ2n) is 7.61. The highest BCUT2D eigenvalue weighted by Crippen LogP contribution is 2.48. The highest BCUT2D eigenvalue weighted by atomic mass is 16.5. The summed E-state index contributed by atoms with van der Waals surface area (Å²) in [6.45, 7) is 0. The first-order valence-corrected chi connectivity index (χ1v) is 9.51. The molecule has 0 radical (unpaired) electrons. The maximum atomic E-state index is 6.67. The zero-order chi connectivity index (χ0) is 16.8. The van der Waals surface area contributed by atoms with E-state index in [-0.39, 0.29) is 12.5 Å². The first-order valence-electron chi connectivity index (χ1n) is 9.51. The maximum Gasteiger partial charge on any atom is 0.137 e. The van der Waals surface area contributed by atoms with Gasteiger partial charge in [-0.3, -0.25) is 0 Å². The van der Waals surface area contributed by atoms with E-state index in [2.05, 4.69) is 69.8 Å². The van der Waals surface area contributed by atoms with Gasteiger partial charge in [-0.25, -0.2) is 0 Å². The van der Waals surface area contributed by atoms with Crippen molar-refractivity contribution in [2.24, 2.45) is 0 Å². The minimum Gasteiger partial charge on any atom is -0.335 e. The zero-order valence-electron chi connectivity index (χ0n) is 14.4. The van der Waals surface area contributed by atoms with Crippen LogP contribution in [0.15, 0.2) is 60.7 Å². The molecule has 3 nitrogen and oxygen atoms in total. The number of hydrogen-bond acceptors (Lipinski definition) is 1. The van der Waals surface area contributed by atoms with Gasteiger partial charge in [0, 0.05) is 21.5 Å². The number of ether oxygens (including phenoxy) is 1. The minimum absolute atomic E-state index is 0.125. The zero-order valence-corrected chi connectivity index (χ0v) is 14.4. The molecule has 2 aromatic heterocycles. The third kappa shape index (κ3) is 1.42. The molecule has 0 unspecified atom stereocenters. The van der Waals surface area contributed by atoms with Crippen molar-refractivity contribution < 1.29 is 4.74 Å².